The summed E-state index contributed by atoms with van der Waals surface area (Å²) in [6.07, 6.45) is -0.192. The van der Waals surface area contributed by atoms with Crippen molar-refractivity contribution in [2.45, 2.75) is 6.36 Å². The molecule has 4 aromatic rings. The minimum absolute atomic E-state index is 0.221. The molecule has 31 heavy (non-hydrogen) atoms. The van der Waals surface area contributed by atoms with E-state index in [9.17, 15) is 22.8 Å². The first-order valence-electron chi connectivity index (χ1n) is 9.04. The molecule has 2 aromatic heterocycles. The number of nitrogens with one attached hydrogen (secondary N) is 2. The molecule has 9 heteroatoms. The number of nitrogens with zero attached hydrogens (tertiary/aromatic N) is 1. The average molecular weight is 425 g/mol. The van der Waals surface area contributed by atoms with Gasteiger partial charge < -0.3 is 15.0 Å². The van der Waals surface area contributed by atoms with Crippen molar-refractivity contribution in [3.05, 3.63) is 89.1 Å². The van der Waals surface area contributed by atoms with E-state index in [0.29, 0.717) is 11.1 Å². The standard InChI is InChI=1S/C22H14F3N3O3/c23-22(24,25)31-19-8-4-3-7-18(19)28-21(30)16-9-14(11-27-20(16)29)17-12-26-10-13-5-1-2-6-15(13)17/h1-12H,(H,27,29)(H,28,30). The number of aromatic amines is 1. The largest absolute Gasteiger partial charge is 0.573 e. The normalized spacial score (nSPS) is 11.3. The second-order valence-corrected chi connectivity index (χ2v) is 6.54. The number of anilines is 1. The Kier molecular flexibility index (Phi) is 5.16. The molecule has 1 amide bonds. The molecule has 0 spiro atoms. The lowest BCUT2D eigenvalue weighted by Crippen LogP contribution is -2.24. The molecule has 0 unspecified atom stereocenters. The van der Waals surface area contributed by atoms with Gasteiger partial charge in [0.05, 0.1) is 5.69 Å². The van der Waals surface area contributed by atoms with E-state index in [1.54, 1.807) is 12.4 Å². The van der Waals surface area contributed by atoms with Gasteiger partial charge in [-0.1, -0.05) is 36.4 Å². The highest BCUT2D eigenvalue weighted by atomic mass is 19.4. The fraction of sp³-hybridized carbons (Fsp3) is 0.0455. The summed E-state index contributed by atoms with van der Waals surface area (Å²) >= 11 is 0. The van der Waals surface area contributed by atoms with Crippen molar-refractivity contribution in [2.75, 3.05) is 5.32 Å². The van der Waals surface area contributed by atoms with E-state index in [4.69, 9.17) is 0 Å². The smallest absolute Gasteiger partial charge is 0.404 e. The third-order valence-electron chi connectivity index (χ3n) is 4.49. The molecule has 0 fully saturated rings. The molecule has 0 bridgehead atoms. The van der Waals surface area contributed by atoms with Gasteiger partial charge in [-0.15, -0.1) is 13.2 Å². The molecule has 6 nitrogen and oxygen atoms in total. The molecule has 2 aromatic carbocycles. The molecule has 0 aliphatic rings. The number of para-hydroxylation sites is 2. The molecule has 0 aliphatic carbocycles. The van der Waals surface area contributed by atoms with Gasteiger partial charge in [-0.3, -0.25) is 14.6 Å². The van der Waals surface area contributed by atoms with Crippen LogP contribution < -0.4 is 15.6 Å². The summed E-state index contributed by atoms with van der Waals surface area (Å²) in [5.41, 5.74) is 0.0236. The van der Waals surface area contributed by atoms with Crippen LogP contribution in [0.1, 0.15) is 10.4 Å². The molecule has 4 rings (SSSR count). The first-order chi connectivity index (χ1) is 14.8. The monoisotopic (exact) mass is 425 g/mol. The van der Waals surface area contributed by atoms with Crippen molar-refractivity contribution in [2.24, 2.45) is 0 Å². The number of carbonyl (C=O) groups excluding carboxylic acids is 1. The Balaban J connectivity index is 1.70. The Morgan fingerprint density at radius 2 is 1.77 bits per heavy atom. The van der Waals surface area contributed by atoms with E-state index in [0.717, 1.165) is 16.8 Å². The third kappa shape index (κ3) is 4.40. The van der Waals surface area contributed by atoms with Crippen LogP contribution >= 0.6 is 0 Å². The van der Waals surface area contributed by atoms with Crippen LogP contribution in [0.4, 0.5) is 18.9 Å². The fourth-order valence-corrected chi connectivity index (χ4v) is 3.13. The first-order valence-corrected chi connectivity index (χ1v) is 9.04. The summed E-state index contributed by atoms with van der Waals surface area (Å²) in [5.74, 6) is -1.47. The average Bonchev–Trinajstić information content (AvgIpc) is 2.74. The van der Waals surface area contributed by atoms with Crippen molar-refractivity contribution >= 4 is 22.4 Å². The molecule has 0 radical (unpaired) electrons. The van der Waals surface area contributed by atoms with Gasteiger partial charge in [0.1, 0.15) is 5.56 Å². The molecule has 0 aliphatic heterocycles. The summed E-state index contributed by atoms with van der Waals surface area (Å²) in [6.45, 7) is 0. The zero-order valence-electron chi connectivity index (χ0n) is 15.7. The van der Waals surface area contributed by atoms with E-state index in [1.807, 2.05) is 24.3 Å². The van der Waals surface area contributed by atoms with Crippen LogP contribution in [-0.2, 0) is 0 Å². The number of amides is 1. The lowest BCUT2D eigenvalue weighted by Gasteiger charge is -2.14. The third-order valence-corrected chi connectivity index (χ3v) is 4.49. The SMILES string of the molecule is O=C(Nc1ccccc1OC(F)(F)F)c1cc(-c2cncc3ccccc23)c[nH]c1=O. The van der Waals surface area contributed by atoms with Gasteiger partial charge >= 0.3 is 6.36 Å². The molecule has 0 saturated heterocycles. The van der Waals surface area contributed by atoms with Crippen LogP contribution in [-0.4, -0.2) is 22.2 Å². The van der Waals surface area contributed by atoms with Crippen molar-refractivity contribution in [1.29, 1.82) is 0 Å². The number of benzene rings is 2. The van der Waals surface area contributed by atoms with E-state index in [2.05, 4.69) is 20.0 Å². The van der Waals surface area contributed by atoms with Crippen molar-refractivity contribution in [3.8, 4) is 16.9 Å². The number of rotatable bonds is 4. The van der Waals surface area contributed by atoms with Gasteiger partial charge in [0.2, 0.25) is 0 Å². The van der Waals surface area contributed by atoms with Crippen molar-refractivity contribution in [1.82, 2.24) is 9.97 Å². The minimum Gasteiger partial charge on any atom is -0.404 e. The highest BCUT2D eigenvalue weighted by Gasteiger charge is 2.32. The molecule has 156 valence electrons. The predicted molar refractivity (Wildman–Crippen MR) is 109 cm³/mol. The number of pyridine rings is 2. The maximum absolute atomic E-state index is 12.7. The second-order valence-electron chi connectivity index (χ2n) is 6.54. The lowest BCUT2D eigenvalue weighted by atomic mass is 10.0. The second kappa shape index (κ2) is 7.94. The first kappa shape index (κ1) is 20.1. The minimum atomic E-state index is -4.93. The van der Waals surface area contributed by atoms with Crippen molar-refractivity contribution in [3.63, 3.8) is 0 Å². The molecule has 0 saturated carbocycles. The zero-order valence-corrected chi connectivity index (χ0v) is 15.7. The fourth-order valence-electron chi connectivity index (χ4n) is 3.13. The van der Waals surface area contributed by atoms with Gasteiger partial charge in [-0.25, -0.2) is 0 Å². The highest BCUT2D eigenvalue weighted by molar-refractivity contribution is 6.06. The van der Waals surface area contributed by atoms with Crippen molar-refractivity contribution < 1.29 is 22.7 Å². The Labute approximate surface area is 173 Å². The van der Waals surface area contributed by atoms with E-state index in [1.165, 1.54) is 30.5 Å². The van der Waals surface area contributed by atoms with Crippen LogP contribution in [0.3, 0.4) is 0 Å². The maximum Gasteiger partial charge on any atom is 0.573 e. The number of halogens is 3. The van der Waals surface area contributed by atoms with E-state index < -0.39 is 23.6 Å². The topological polar surface area (TPSA) is 84.1 Å². The summed E-state index contributed by atoms with van der Waals surface area (Å²) in [6, 6.07) is 13.9. The van der Waals surface area contributed by atoms with Gasteiger partial charge in [0.25, 0.3) is 11.5 Å². The van der Waals surface area contributed by atoms with Crippen LogP contribution in [0.25, 0.3) is 21.9 Å². The van der Waals surface area contributed by atoms with Gasteiger partial charge in [0, 0.05) is 35.1 Å². The zero-order chi connectivity index (χ0) is 22.0. The molecule has 2 N–H and O–H groups in total. The summed E-state index contributed by atoms with van der Waals surface area (Å²) < 4.78 is 41.8. The highest BCUT2D eigenvalue weighted by Crippen LogP contribution is 2.31. The number of H-pyrrole nitrogens is 1. The predicted octanol–water partition coefficient (Wildman–Crippen LogP) is 4.74. The number of alkyl halides is 3. The number of aromatic nitrogens is 2. The van der Waals surface area contributed by atoms with Gasteiger partial charge in [0.15, 0.2) is 5.75 Å². The number of hydrogen-bond donors (Lipinski definition) is 2. The Bertz CT molecular complexity index is 1330. The van der Waals surface area contributed by atoms with E-state index >= 15 is 0 Å². The molecular weight excluding hydrogens is 411 g/mol. The number of fused-ring (bicyclic) bond motifs is 1. The summed E-state index contributed by atoms with van der Waals surface area (Å²) in [5, 5.41) is 4.04. The Morgan fingerprint density at radius 3 is 2.58 bits per heavy atom. The molecule has 0 atom stereocenters. The quantitative estimate of drug-likeness (QED) is 0.495. The van der Waals surface area contributed by atoms with Crippen LogP contribution in [0, 0.1) is 0 Å². The van der Waals surface area contributed by atoms with E-state index in [-0.39, 0.29) is 11.3 Å². The van der Waals surface area contributed by atoms with Crippen LogP contribution in [0.2, 0.25) is 0 Å². The van der Waals surface area contributed by atoms with Gasteiger partial charge in [-0.2, -0.15) is 0 Å². The maximum atomic E-state index is 12.7. The number of ether oxygens (including phenoxy) is 1. The van der Waals surface area contributed by atoms with Gasteiger partial charge in [-0.05, 0) is 23.6 Å². The number of carbonyl (C=O) groups is 1. The van der Waals surface area contributed by atoms with Crippen LogP contribution in [0.15, 0.2) is 78.0 Å². The molecule has 2 heterocycles. The summed E-state index contributed by atoms with van der Waals surface area (Å²) in [4.78, 5) is 31.7. The lowest BCUT2D eigenvalue weighted by molar-refractivity contribution is -0.274. The number of hydrogen-bond acceptors (Lipinski definition) is 4. The molecular formula is C22H14F3N3O3. The van der Waals surface area contributed by atoms with Crippen LogP contribution in [0.5, 0.6) is 5.75 Å². The Morgan fingerprint density at radius 1 is 1.03 bits per heavy atom. The summed E-state index contributed by atoms with van der Waals surface area (Å²) in [7, 11) is 0. The Hall–Kier alpha value is -4.14.